The van der Waals surface area contributed by atoms with E-state index in [-0.39, 0.29) is 21.0 Å². The third-order valence-corrected chi connectivity index (χ3v) is 6.71. The third kappa shape index (κ3) is 4.91. The number of alkyl halides is 3. The van der Waals surface area contributed by atoms with E-state index >= 15 is 0 Å². The van der Waals surface area contributed by atoms with Crippen LogP contribution in [0.3, 0.4) is 0 Å². The SMILES string of the molecule is O=C(OCc1cccc(C(F)(F)F)c1)c1cc(S(=O)(=O)N2CCCC2)ccc1Cl. The summed E-state index contributed by atoms with van der Waals surface area (Å²) in [6, 6.07) is 8.11. The van der Waals surface area contributed by atoms with Crippen molar-refractivity contribution in [3.8, 4) is 0 Å². The second-order valence-electron chi connectivity index (χ2n) is 6.53. The number of hydrogen-bond acceptors (Lipinski definition) is 4. The van der Waals surface area contributed by atoms with E-state index in [1.165, 1.54) is 28.6 Å². The van der Waals surface area contributed by atoms with Crippen molar-refractivity contribution in [3.63, 3.8) is 0 Å². The summed E-state index contributed by atoms with van der Waals surface area (Å²) >= 11 is 6.01. The molecule has 5 nitrogen and oxygen atoms in total. The van der Waals surface area contributed by atoms with Crippen LogP contribution >= 0.6 is 11.6 Å². The summed E-state index contributed by atoms with van der Waals surface area (Å²) in [7, 11) is -3.76. The van der Waals surface area contributed by atoms with Crippen molar-refractivity contribution in [2.75, 3.05) is 13.1 Å². The summed E-state index contributed by atoms with van der Waals surface area (Å²) in [6.07, 6.45) is -2.99. The molecule has 3 rings (SSSR count). The molecule has 0 N–H and O–H groups in total. The molecule has 0 spiro atoms. The van der Waals surface area contributed by atoms with Crippen molar-refractivity contribution in [2.45, 2.75) is 30.5 Å². The van der Waals surface area contributed by atoms with Crippen LogP contribution < -0.4 is 0 Å². The molecule has 0 radical (unpaired) electrons. The minimum absolute atomic E-state index is 0.0144. The first-order valence-corrected chi connectivity index (χ1v) is 10.5. The minimum atomic E-state index is -4.51. The average Bonchev–Trinajstić information content (AvgIpc) is 3.21. The normalized spacial score (nSPS) is 15.4. The highest BCUT2D eigenvalue weighted by Gasteiger charge is 2.31. The molecule has 156 valence electrons. The number of rotatable bonds is 5. The van der Waals surface area contributed by atoms with E-state index in [9.17, 15) is 26.4 Å². The Morgan fingerprint density at radius 2 is 1.79 bits per heavy atom. The van der Waals surface area contributed by atoms with Gasteiger partial charge in [0.25, 0.3) is 0 Å². The molecule has 0 amide bonds. The van der Waals surface area contributed by atoms with Crippen molar-refractivity contribution in [1.82, 2.24) is 4.31 Å². The highest BCUT2D eigenvalue weighted by Crippen LogP contribution is 2.30. The molecular formula is C19H17ClF3NO4S. The second kappa shape index (κ2) is 8.33. The van der Waals surface area contributed by atoms with Crippen molar-refractivity contribution >= 4 is 27.6 Å². The van der Waals surface area contributed by atoms with Gasteiger partial charge in [0.05, 0.1) is 21.0 Å². The zero-order chi connectivity index (χ0) is 21.2. The van der Waals surface area contributed by atoms with Gasteiger partial charge in [-0.2, -0.15) is 17.5 Å². The number of halogens is 4. The monoisotopic (exact) mass is 447 g/mol. The Morgan fingerprint density at radius 3 is 2.45 bits per heavy atom. The number of carbonyl (C=O) groups excluding carboxylic acids is 1. The van der Waals surface area contributed by atoms with Gasteiger partial charge >= 0.3 is 12.1 Å². The predicted octanol–water partition coefficient (Wildman–Crippen LogP) is 4.50. The molecule has 1 aliphatic heterocycles. The van der Waals surface area contributed by atoms with Crippen LogP contribution in [0.1, 0.15) is 34.3 Å². The van der Waals surface area contributed by atoms with E-state index in [1.807, 2.05) is 0 Å². The molecule has 1 heterocycles. The van der Waals surface area contributed by atoms with E-state index in [1.54, 1.807) is 0 Å². The summed E-state index contributed by atoms with van der Waals surface area (Å²) in [5.41, 5.74) is -0.883. The second-order valence-corrected chi connectivity index (χ2v) is 8.87. The molecule has 0 bridgehead atoms. The Bertz CT molecular complexity index is 1020. The standard InChI is InChI=1S/C19H17ClF3NO4S/c20-17-7-6-15(29(26,27)24-8-1-2-9-24)11-16(17)18(25)28-12-13-4-3-5-14(10-13)19(21,22)23/h3-7,10-11H,1-2,8-9,12H2. The maximum absolute atomic E-state index is 12.8. The number of esters is 1. The number of sulfonamides is 1. The molecule has 1 saturated heterocycles. The van der Waals surface area contributed by atoms with E-state index in [2.05, 4.69) is 0 Å². The fourth-order valence-corrected chi connectivity index (χ4v) is 4.70. The fraction of sp³-hybridized carbons (Fsp3) is 0.316. The zero-order valence-corrected chi connectivity index (χ0v) is 16.6. The maximum atomic E-state index is 12.8. The Hall–Kier alpha value is -2.10. The van der Waals surface area contributed by atoms with E-state index < -0.39 is 34.3 Å². The molecule has 0 aromatic heterocycles. The van der Waals surface area contributed by atoms with Crippen molar-refractivity contribution in [2.24, 2.45) is 0 Å². The summed E-state index contributed by atoms with van der Waals surface area (Å²) in [6.45, 7) is 0.392. The summed E-state index contributed by atoms with van der Waals surface area (Å²) in [4.78, 5) is 12.3. The molecule has 0 aliphatic carbocycles. The van der Waals surface area contributed by atoms with Crippen LogP contribution in [0.4, 0.5) is 13.2 Å². The molecule has 0 atom stereocenters. The highest BCUT2D eigenvalue weighted by molar-refractivity contribution is 7.89. The number of carbonyl (C=O) groups is 1. The van der Waals surface area contributed by atoms with Crippen LogP contribution in [0, 0.1) is 0 Å². The van der Waals surface area contributed by atoms with E-state index in [0.717, 1.165) is 31.0 Å². The molecule has 1 aliphatic rings. The number of hydrogen-bond donors (Lipinski definition) is 0. The molecule has 2 aromatic rings. The molecule has 1 fully saturated rings. The van der Waals surface area contributed by atoms with Crippen molar-refractivity contribution in [3.05, 3.63) is 64.2 Å². The minimum Gasteiger partial charge on any atom is -0.457 e. The lowest BCUT2D eigenvalue weighted by atomic mass is 10.1. The van der Waals surface area contributed by atoms with Gasteiger partial charge in [-0.25, -0.2) is 13.2 Å². The van der Waals surface area contributed by atoms with Gasteiger partial charge in [0.2, 0.25) is 10.0 Å². The Morgan fingerprint density at radius 1 is 1.10 bits per heavy atom. The van der Waals surface area contributed by atoms with Gasteiger partial charge in [-0.05, 0) is 48.7 Å². The highest BCUT2D eigenvalue weighted by atomic mass is 35.5. The summed E-state index contributed by atoms with van der Waals surface area (Å²) in [5, 5.41) is -0.0144. The predicted molar refractivity (Wildman–Crippen MR) is 100 cm³/mol. The van der Waals surface area contributed by atoms with E-state index in [0.29, 0.717) is 13.1 Å². The first kappa shape index (κ1) is 21.6. The van der Waals surface area contributed by atoms with Crippen molar-refractivity contribution < 1.29 is 31.1 Å². The quantitative estimate of drug-likeness (QED) is 0.633. The van der Waals surface area contributed by atoms with Crippen LogP contribution in [0.5, 0.6) is 0 Å². The summed E-state index contributed by atoms with van der Waals surface area (Å²) in [5.74, 6) is -0.925. The van der Waals surface area contributed by atoms with Crippen LogP contribution in [0.15, 0.2) is 47.4 Å². The molecule has 2 aromatic carbocycles. The lowest BCUT2D eigenvalue weighted by Gasteiger charge is -2.16. The Labute approximate surface area is 171 Å². The van der Waals surface area contributed by atoms with Gasteiger partial charge in [0.1, 0.15) is 6.61 Å². The maximum Gasteiger partial charge on any atom is 0.416 e. The van der Waals surface area contributed by atoms with Crippen LogP contribution in [0.2, 0.25) is 5.02 Å². The molecular weight excluding hydrogens is 431 g/mol. The lowest BCUT2D eigenvalue weighted by molar-refractivity contribution is -0.137. The smallest absolute Gasteiger partial charge is 0.416 e. The van der Waals surface area contributed by atoms with Crippen molar-refractivity contribution in [1.29, 1.82) is 0 Å². The molecule has 10 heteroatoms. The number of ether oxygens (including phenoxy) is 1. The molecule has 0 unspecified atom stereocenters. The fourth-order valence-electron chi connectivity index (χ4n) is 2.96. The largest absolute Gasteiger partial charge is 0.457 e. The van der Waals surface area contributed by atoms with Gasteiger partial charge in [-0.1, -0.05) is 23.7 Å². The van der Waals surface area contributed by atoms with Crippen LogP contribution in [0.25, 0.3) is 0 Å². The topological polar surface area (TPSA) is 63.7 Å². The van der Waals surface area contributed by atoms with Gasteiger partial charge in [-0.15, -0.1) is 0 Å². The van der Waals surface area contributed by atoms with Gasteiger partial charge in [-0.3, -0.25) is 0 Å². The van der Waals surface area contributed by atoms with Crippen LogP contribution in [-0.4, -0.2) is 31.8 Å². The van der Waals surface area contributed by atoms with Gasteiger partial charge in [0.15, 0.2) is 0 Å². The third-order valence-electron chi connectivity index (χ3n) is 4.48. The average molecular weight is 448 g/mol. The number of nitrogens with zero attached hydrogens (tertiary/aromatic N) is 1. The Balaban J connectivity index is 1.78. The first-order chi connectivity index (χ1) is 13.6. The van der Waals surface area contributed by atoms with E-state index in [4.69, 9.17) is 16.3 Å². The first-order valence-electron chi connectivity index (χ1n) is 8.72. The number of benzene rings is 2. The lowest BCUT2D eigenvalue weighted by Crippen LogP contribution is -2.28. The van der Waals surface area contributed by atoms with Gasteiger partial charge < -0.3 is 4.74 Å². The Kier molecular flexibility index (Phi) is 6.21. The molecule has 29 heavy (non-hydrogen) atoms. The molecule has 0 saturated carbocycles. The van der Waals surface area contributed by atoms with Crippen LogP contribution in [-0.2, 0) is 27.5 Å². The summed E-state index contributed by atoms with van der Waals surface area (Å²) < 4.78 is 70.0. The zero-order valence-electron chi connectivity index (χ0n) is 15.1. The van der Waals surface area contributed by atoms with Gasteiger partial charge in [0, 0.05) is 13.1 Å².